The zero-order valence-corrected chi connectivity index (χ0v) is 21.1. The average Bonchev–Trinajstić information content (AvgIpc) is 3.31. The monoisotopic (exact) mass is 476 g/mol. The van der Waals surface area contributed by atoms with E-state index in [1.54, 1.807) is 0 Å². The standard InChI is InChI=1S/C33H22N2.C2H6/c1-2-11-24(12-3-1)35(32-18-6-7-21-34-32)25-13-8-10-23(22-25)26-19-20-31-28-15-5-4-14-27(28)30-17-9-16-29(26)33(30)31;1-2/h1-22H;1-2H3. The number of fused-ring (bicyclic) bond motifs is 3. The number of nitrogens with zero attached hydrogens (tertiary/aromatic N) is 2. The van der Waals surface area contributed by atoms with E-state index in [1.807, 2.05) is 38.2 Å². The first-order valence-corrected chi connectivity index (χ1v) is 12.9. The third-order valence-corrected chi connectivity index (χ3v) is 6.86. The molecule has 0 aliphatic heterocycles. The van der Waals surface area contributed by atoms with E-state index in [0.29, 0.717) is 0 Å². The minimum absolute atomic E-state index is 0.895. The van der Waals surface area contributed by atoms with Crippen LogP contribution >= 0.6 is 0 Å². The maximum atomic E-state index is 4.66. The first-order valence-electron chi connectivity index (χ1n) is 12.9. The van der Waals surface area contributed by atoms with Gasteiger partial charge in [0.1, 0.15) is 5.82 Å². The van der Waals surface area contributed by atoms with Crippen LogP contribution in [-0.4, -0.2) is 4.98 Å². The summed E-state index contributed by atoms with van der Waals surface area (Å²) in [4.78, 5) is 6.87. The molecule has 0 fully saturated rings. The Morgan fingerprint density at radius 2 is 1.11 bits per heavy atom. The van der Waals surface area contributed by atoms with Crippen LogP contribution in [0.25, 0.3) is 44.2 Å². The number of aromatic nitrogens is 1. The van der Waals surface area contributed by atoms with E-state index in [9.17, 15) is 0 Å². The van der Waals surface area contributed by atoms with Crippen LogP contribution in [0.3, 0.4) is 0 Å². The smallest absolute Gasteiger partial charge is 0.137 e. The highest BCUT2D eigenvalue weighted by Gasteiger charge is 2.22. The lowest BCUT2D eigenvalue weighted by Gasteiger charge is -2.24. The number of rotatable bonds is 4. The number of anilines is 3. The lowest BCUT2D eigenvalue weighted by Crippen LogP contribution is -2.11. The fourth-order valence-electron chi connectivity index (χ4n) is 5.35. The molecule has 0 saturated heterocycles. The van der Waals surface area contributed by atoms with Crippen LogP contribution in [0, 0.1) is 0 Å². The fraction of sp³-hybridized carbons (Fsp3) is 0.0571. The molecule has 6 aromatic rings. The second-order valence-corrected chi connectivity index (χ2v) is 8.84. The molecule has 0 saturated carbocycles. The van der Waals surface area contributed by atoms with E-state index in [2.05, 4.69) is 119 Å². The summed E-state index contributed by atoms with van der Waals surface area (Å²) in [6.45, 7) is 4.00. The molecule has 0 bridgehead atoms. The molecular weight excluding hydrogens is 448 g/mol. The number of hydrogen-bond donors (Lipinski definition) is 0. The predicted octanol–water partition coefficient (Wildman–Crippen LogP) is 10.0. The molecule has 0 unspecified atom stereocenters. The van der Waals surface area contributed by atoms with Crippen LogP contribution in [0.5, 0.6) is 0 Å². The average molecular weight is 477 g/mol. The second-order valence-electron chi connectivity index (χ2n) is 8.84. The van der Waals surface area contributed by atoms with E-state index in [4.69, 9.17) is 0 Å². The summed E-state index contributed by atoms with van der Waals surface area (Å²) >= 11 is 0. The molecule has 1 aromatic heterocycles. The van der Waals surface area contributed by atoms with Crippen molar-refractivity contribution in [3.05, 3.63) is 134 Å². The molecule has 0 amide bonds. The van der Waals surface area contributed by atoms with Crippen molar-refractivity contribution in [1.29, 1.82) is 0 Å². The Morgan fingerprint density at radius 1 is 0.486 bits per heavy atom. The summed E-state index contributed by atoms with van der Waals surface area (Å²) in [6, 6.07) is 45.2. The first-order chi connectivity index (χ1) is 18.4. The van der Waals surface area contributed by atoms with Crippen molar-refractivity contribution in [2.45, 2.75) is 13.8 Å². The van der Waals surface area contributed by atoms with Crippen molar-refractivity contribution in [2.75, 3.05) is 4.90 Å². The molecule has 0 radical (unpaired) electrons. The van der Waals surface area contributed by atoms with Gasteiger partial charge in [0.2, 0.25) is 0 Å². The van der Waals surface area contributed by atoms with E-state index >= 15 is 0 Å². The fourth-order valence-corrected chi connectivity index (χ4v) is 5.35. The van der Waals surface area contributed by atoms with Crippen molar-refractivity contribution < 1.29 is 0 Å². The van der Waals surface area contributed by atoms with Gasteiger partial charge in [-0.1, -0.05) is 105 Å². The number of pyridine rings is 1. The van der Waals surface area contributed by atoms with E-state index < -0.39 is 0 Å². The van der Waals surface area contributed by atoms with Gasteiger partial charge in [-0.15, -0.1) is 0 Å². The predicted molar refractivity (Wildman–Crippen MR) is 158 cm³/mol. The second kappa shape index (κ2) is 9.75. The molecule has 5 aromatic carbocycles. The highest BCUT2D eigenvalue weighted by atomic mass is 15.2. The van der Waals surface area contributed by atoms with Gasteiger partial charge < -0.3 is 0 Å². The summed E-state index contributed by atoms with van der Waals surface area (Å²) in [5.41, 5.74) is 9.90. The van der Waals surface area contributed by atoms with Crippen molar-refractivity contribution in [3.63, 3.8) is 0 Å². The Balaban J connectivity index is 0.00000123. The van der Waals surface area contributed by atoms with E-state index in [1.165, 1.54) is 44.2 Å². The van der Waals surface area contributed by atoms with Gasteiger partial charge in [0.15, 0.2) is 0 Å². The van der Waals surface area contributed by atoms with Gasteiger partial charge in [-0.2, -0.15) is 0 Å². The van der Waals surface area contributed by atoms with Crippen LogP contribution in [0.4, 0.5) is 17.2 Å². The number of hydrogen-bond acceptors (Lipinski definition) is 2. The van der Waals surface area contributed by atoms with Crippen LogP contribution in [0.1, 0.15) is 13.8 Å². The molecule has 37 heavy (non-hydrogen) atoms. The SMILES string of the molecule is CC.c1ccc(N(c2cccc(-c3ccc4c5c(cccc35)-c3ccccc3-4)c2)c2ccccn2)cc1. The molecule has 0 N–H and O–H groups in total. The first kappa shape index (κ1) is 22.8. The summed E-state index contributed by atoms with van der Waals surface area (Å²) in [5.74, 6) is 0.895. The summed E-state index contributed by atoms with van der Waals surface area (Å²) in [7, 11) is 0. The van der Waals surface area contributed by atoms with Crippen molar-refractivity contribution in [1.82, 2.24) is 4.98 Å². The minimum atomic E-state index is 0.895. The molecule has 2 nitrogen and oxygen atoms in total. The molecule has 0 spiro atoms. The zero-order valence-electron chi connectivity index (χ0n) is 21.1. The molecule has 1 aliphatic carbocycles. The quantitative estimate of drug-likeness (QED) is 0.251. The molecular formula is C35H28N2. The van der Waals surface area contributed by atoms with Gasteiger partial charge in [-0.3, -0.25) is 4.90 Å². The van der Waals surface area contributed by atoms with Crippen LogP contribution in [-0.2, 0) is 0 Å². The summed E-state index contributed by atoms with van der Waals surface area (Å²) in [6.07, 6.45) is 1.84. The summed E-state index contributed by atoms with van der Waals surface area (Å²) < 4.78 is 0. The van der Waals surface area contributed by atoms with Gasteiger partial charge in [0, 0.05) is 17.6 Å². The largest absolute Gasteiger partial charge is 0.295 e. The Morgan fingerprint density at radius 3 is 1.86 bits per heavy atom. The van der Waals surface area contributed by atoms with Crippen LogP contribution in [0.2, 0.25) is 0 Å². The molecule has 1 heterocycles. The number of para-hydroxylation sites is 1. The Kier molecular flexibility index (Phi) is 6.00. The molecule has 2 heteroatoms. The van der Waals surface area contributed by atoms with Gasteiger partial charge in [0.05, 0.1) is 0 Å². The lowest BCUT2D eigenvalue weighted by molar-refractivity contribution is 1.18. The third-order valence-electron chi connectivity index (χ3n) is 6.86. The molecule has 7 rings (SSSR count). The molecule has 0 atom stereocenters. The Hall–Kier alpha value is -4.69. The van der Waals surface area contributed by atoms with Gasteiger partial charge in [0.25, 0.3) is 0 Å². The normalized spacial score (nSPS) is 11.0. The van der Waals surface area contributed by atoms with Gasteiger partial charge in [-0.05, 0) is 80.6 Å². The highest BCUT2D eigenvalue weighted by Crippen LogP contribution is 2.49. The zero-order chi connectivity index (χ0) is 25.2. The number of benzene rings is 5. The molecule has 178 valence electrons. The van der Waals surface area contributed by atoms with Crippen LogP contribution in [0.15, 0.2) is 134 Å². The lowest BCUT2D eigenvalue weighted by atomic mass is 9.94. The van der Waals surface area contributed by atoms with Gasteiger partial charge in [-0.25, -0.2) is 4.98 Å². The van der Waals surface area contributed by atoms with Crippen molar-refractivity contribution in [3.8, 4) is 33.4 Å². The summed E-state index contributed by atoms with van der Waals surface area (Å²) in [5, 5.41) is 2.64. The topological polar surface area (TPSA) is 16.1 Å². The van der Waals surface area contributed by atoms with E-state index in [0.717, 1.165) is 17.2 Å². The van der Waals surface area contributed by atoms with Gasteiger partial charge >= 0.3 is 0 Å². The minimum Gasteiger partial charge on any atom is -0.295 e. The van der Waals surface area contributed by atoms with Crippen molar-refractivity contribution >= 4 is 28.0 Å². The Labute approximate surface area is 218 Å². The van der Waals surface area contributed by atoms with E-state index in [-0.39, 0.29) is 0 Å². The van der Waals surface area contributed by atoms with Crippen LogP contribution < -0.4 is 4.90 Å². The third kappa shape index (κ3) is 3.88. The maximum absolute atomic E-state index is 4.66. The Bertz CT molecular complexity index is 1620. The molecule has 1 aliphatic rings. The maximum Gasteiger partial charge on any atom is 0.137 e. The van der Waals surface area contributed by atoms with Crippen molar-refractivity contribution in [2.24, 2.45) is 0 Å². The highest BCUT2D eigenvalue weighted by molar-refractivity contribution is 6.18.